The third kappa shape index (κ3) is 3.71. The lowest BCUT2D eigenvalue weighted by molar-refractivity contribution is -0.132. The smallest absolute Gasteiger partial charge is 0.239 e. The van der Waals surface area contributed by atoms with E-state index in [2.05, 4.69) is 5.32 Å². The summed E-state index contributed by atoms with van der Waals surface area (Å²) in [5, 5.41) is 4.08. The summed E-state index contributed by atoms with van der Waals surface area (Å²) in [6, 6.07) is 14.3. The minimum absolute atomic E-state index is 0.175. The molecule has 0 aromatic heterocycles. The number of anilines is 1. The van der Waals surface area contributed by atoms with E-state index < -0.39 is 5.92 Å². The Morgan fingerprint density at radius 1 is 1.04 bits per heavy atom. The monoisotopic (exact) mass is 362 g/mol. The van der Waals surface area contributed by atoms with E-state index in [4.69, 9.17) is 23.2 Å². The number of hydrogen-bond acceptors (Lipinski definition) is 2. The quantitative estimate of drug-likeness (QED) is 0.843. The summed E-state index contributed by atoms with van der Waals surface area (Å²) in [6.45, 7) is 0.903. The lowest BCUT2D eigenvalue weighted by Gasteiger charge is -2.17. The summed E-state index contributed by atoms with van der Waals surface area (Å²) in [5.41, 5.74) is 1.70. The first kappa shape index (κ1) is 16.8. The van der Waals surface area contributed by atoms with Crippen LogP contribution < -0.4 is 10.2 Å². The van der Waals surface area contributed by atoms with Crippen LogP contribution in [0.5, 0.6) is 0 Å². The van der Waals surface area contributed by atoms with Gasteiger partial charge >= 0.3 is 0 Å². The van der Waals surface area contributed by atoms with Crippen molar-refractivity contribution in [3.8, 4) is 0 Å². The van der Waals surface area contributed by atoms with Crippen LogP contribution in [0.25, 0.3) is 0 Å². The highest BCUT2D eigenvalue weighted by Crippen LogP contribution is 2.26. The van der Waals surface area contributed by atoms with Crippen LogP contribution in [-0.2, 0) is 16.1 Å². The second-order valence-electron chi connectivity index (χ2n) is 5.65. The van der Waals surface area contributed by atoms with Crippen molar-refractivity contribution in [2.45, 2.75) is 13.0 Å². The molecule has 1 N–H and O–H groups in total. The third-order valence-corrected chi connectivity index (χ3v) is 4.54. The molecule has 1 heterocycles. The number of amides is 2. The molecule has 0 spiro atoms. The number of nitrogens with zero attached hydrogens (tertiary/aromatic N) is 1. The molecule has 124 valence electrons. The normalized spacial score (nSPS) is 17.2. The first-order chi connectivity index (χ1) is 11.5. The topological polar surface area (TPSA) is 49.4 Å². The maximum Gasteiger partial charge on any atom is 0.239 e. The van der Waals surface area contributed by atoms with E-state index in [1.165, 1.54) is 0 Å². The van der Waals surface area contributed by atoms with Gasteiger partial charge in [-0.15, -0.1) is 0 Å². The molecule has 0 unspecified atom stereocenters. The average molecular weight is 363 g/mol. The van der Waals surface area contributed by atoms with Crippen LogP contribution in [0.15, 0.2) is 48.5 Å². The third-order valence-electron chi connectivity index (χ3n) is 4.04. The van der Waals surface area contributed by atoms with Crippen molar-refractivity contribution in [1.29, 1.82) is 0 Å². The highest BCUT2D eigenvalue weighted by atomic mass is 35.5. The van der Waals surface area contributed by atoms with Gasteiger partial charge in [-0.1, -0.05) is 35.3 Å². The first-order valence-corrected chi connectivity index (χ1v) is 8.39. The van der Waals surface area contributed by atoms with E-state index in [9.17, 15) is 9.59 Å². The minimum atomic E-state index is -0.645. The summed E-state index contributed by atoms with van der Waals surface area (Å²) in [5.74, 6) is -1.06. The minimum Gasteiger partial charge on any atom is -0.351 e. The van der Waals surface area contributed by atoms with E-state index in [0.717, 1.165) is 11.3 Å². The molecule has 2 amide bonds. The summed E-state index contributed by atoms with van der Waals surface area (Å²) in [6.07, 6.45) is 0.508. The van der Waals surface area contributed by atoms with Crippen LogP contribution in [0.3, 0.4) is 0 Å². The van der Waals surface area contributed by atoms with Crippen molar-refractivity contribution in [3.63, 3.8) is 0 Å². The fourth-order valence-corrected chi connectivity index (χ4v) is 2.97. The van der Waals surface area contributed by atoms with E-state index >= 15 is 0 Å². The molecule has 0 saturated carbocycles. The van der Waals surface area contributed by atoms with E-state index in [0.29, 0.717) is 29.6 Å². The average Bonchev–Trinajstić information content (AvgIpc) is 2.96. The first-order valence-electron chi connectivity index (χ1n) is 7.64. The number of carbonyl (C=O) groups is 2. The molecular formula is C18H16Cl2N2O2. The highest BCUT2D eigenvalue weighted by Gasteiger charge is 2.37. The van der Waals surface area contributed by atoms with Crippen LogP contribution in [0.4, 0.5) is 5.69 Å². The number of halogens is 2. The number of carbonyl (C=O) groups excluding carboxylic acids is 2. The predicted octanol–water partition coefficient (Wildman–Crippen LogP) is 3.66. The highest BCUT2D eigenvalue weighted by molar-refractivity contribution is 6.30. The molecule has 2 aromatic rings. The number of rotatable bonds is 4. The molecule has 2 aromatic carbocycles. The molecule has 1 atom stereocenters. The second kappa shape index (κ2) is 7.24. The predicted molar refractivity (Wildman–Crippen MR) is 95.2 cm³/mol. The Hall–Kier alpha value is -2.04. The molecule has 1 saturated heterocycles. The van der Waals surface area contributed by atoms with Crippen LogP contribution in [0.1, 0.15) is 12.0 Å². The largest absolute Gasteiger partial charge is 0.351 e. The van der Waals surface area contributed by atoms with Gasteiger partial charge in [-0.3, -0.25) is 9.59 Å². The lowest BCUT2D eigenvalue weighted by atomic mass is 10.1. The Labute approximate surface area is 150 Å². The Kier molecular flexibility index (Phi) is 5.07. The van der Waals surface area contributed by atoms with E-state index in [-0.39, 0.29) is 11.8 Å². The van der Waals surface area contributed by atoms with Crippen molar-refractivity contribution in [2.75, 3.05) is 11.4 Å². The Morgan fingerprint density at radius 2 is 1.62 bits per heavy atom. The van der Waals surface area contributed by atoms with Gasteiger partial charge in [-0.25, -0.2) is 0 Å². The SMILES string of the molecule is O=C(NCc1ccc(Cl)cc1)[C@@H]1CCN(c2ccc(Cl)cc2)C1=O. The summed E-state index contributed by atoms with van der Waals surface area (Å²) in [7, 11) is 0. The van der Waals surface area contributed by atoms with Gasteiger partial charge in [0, 0.05) is 28.8 Å². The molecule has 0 aliphatic carbocycles. The van der Waals surface area contributed by atoms with E-state index in [1.807, 2.05) is 12.1 Å². The summed E-state index contributed by atoms with van der Waals surface area (Å²) >= 11 is 11.7. The molecule has 0 bridgehead atoms. The summed E-state index contributed by atoms with van der Waals surface area (Å²) < 4.78 is 0. The molecule has 4 nitrogen and oxygen atoms in total. The van der Waals surface area contributed by atoms with Crippen LogP contribution >= 0.6 is 23.2 Å². The fraction of sp³-hybridized carbons (Fsp3) is 0.222. The van der Waals surface area contributed by atoms with Gasteiger partial charge in [-0.05, 0) is 48.4 Å². The molecule has 1 aliphatic rings. The zero-order valence-corrected chi connectivity index (χ0v) is 14.3. The van der Waals surface area contributed by atoms with Gasteiger partial charge < -0.3 is 10.2 Å². The van der Waals surface area contributed by atoms with Gasteiger partial charge in [0.05, 0.1) is 0 Å². The zero-order chi connectivity index (χ0) is 17.1. The van der Waals surface area contributed by atoms with Gasteiger partial charge in [0.2, 0.25) is 11.8 Å². The van der Waals surface area contributed by atoms with Crippen molar-refractivity contribution in [1.82, 2.24) is 5.32 Å². The Bertz CT molecular complexity index is 745. The van der Waals surface area contributed by atoms with E-state index in [1.54, 1.807) is 41.3 Å². The molecule has 3 rings (SSSR count). The summed E-state index contributed by atoms with van der Waals surface area (Å²) in [4.78, 5) is 26.5. The Balaban J connectivity index is 1.61. The molecule has 24 heavy (non-hydrogen) atoms. The maximum absolute atomic E-state index is 12.5. The number of nitrogens with one attached hydrogen (secondary N) is 1. The van der Waals surface area contributed by atoms with Crippen LogP contribution in [0.2, 0.25) is 10.0 Å². The second-order valence-corrected chi connectivity index (χ2v) is 6.52. The molecular weight excluding hydrogens is 347 g/mol. The van der Waals surface area contributed by atoms with Gasteiger partial charge in [0.1, 0.15) is 5.92 Å². The maximum atomic E-state index is 12.5. The lowest BCUT2D eigenvalue weighted by Crippen LogP contribution is -2.36. The Morgan fingerprint density at radius 3 is 2.25 bits per heavy atom. The number of benzene rings is 2. The van der Waals surface area contributed by atoms with Crippen molar-refractivity contribution < 1.29 is 9.59 Å². The number of hydrogen-bond donors (Lipinski definition) is 1. The molecule has 6 heteroatoms. The molecule has 0 radical (unpaired) electrons. The molecule has 1 fully saturated rings. The van der Waals surface area contributed by atoms with Crippen molar-refractivity contribution in [2.24, 2.45) is 5.92 Å². The van der Waals surface area contributed by atoms with Crippen LogP contribution in [-0.4, -0.2) is 18.4 Å². The zero-order valence-electron chi connectivity index (χ0n) is 12.8. The van der Waals surface area contributed by atoms with Crippen molar-refractivity contribution >= 4 is 40.7 Å². The van der Waals surface area contributed by atoms with Crippen LogP contribution in [0, 0.1) is 5.92 Å². The standard InChI is InChI=1S/C18H16Cl2N2O2/c19-13-3-1-12(2-4-13)11-21-17(23)16-9-10-22(18(16)24)15-7-5-14(20)6-8-15/h1-8,16H,9-11H2,(H,21,23)/t16-/m0/s1. The van der Waals surface area contributed by atoms with Gasteiger partial charge in [0.25, 0.3) is 0 Å². The molecule has 1 aliphatic heterocycles. The van der Waals surface area contributed by atoms with Gasteiger partial charge in [-0.2, -0.15) is 0 Å². The fourth-order valence-electron chi connectivity index (χ4n) is 2.72. The van der Waals surface area contributed by atoms with Gasteiger partial charge in [0.15, 0.2) is 0 Å². The van der Waals surface area contributed by atoms with Crippen molar-refractivity contribution in [3.05, 3.63) is 64.1 Å².